The molecule has 16 heavy (non-hydrogen) atoms. The van der Waals surface area contributed by atoms with Crippen molar-refractivity contribution in [3.8, 4) is 23.8 Å². The average Bonchev–Trinajstić information content (AvgIpc) is 2.29. The van der Waals surface area contributed by atoms with Crippen LogP contribution < -0.4 is 5.32 Å². The summed E-state index contributed by atoms with van der Waals surface area (Å²) in [6.07, 6.45) is 5.80. The maximum absolute atomic E-state index is 11.7. The fraction of sp³-hybridized carbons (Fsp3) is 0.250. The summed E-state index contributed by atoms with van der Waals surface area (Å²) in [7, 11) is 0. The van der Waals surface area contributed by atoms with E-state index in [9.17, 15) is 15.0 Å². The molecule has 1 aromatic carbocycles. The molecule has 0 aliphatic rings. The van der Waals surface area contributed by atoms with E-state index >= 15 is 0 Å². The van der Waals surface area contributed by atoms with E-state index in [-0.39, 0.29) is 17.4 Å². The van der Waals surface area contributed by atoms with Gasteiger partial charge in [-0.15, -0.1) is 6.42 Å². The van der Waals surface area contributed by atoms with E-state index < -0.39 is 11.7 Å². The van der Waals surface area contributed by atoms with Gasteiger partial charge in [0.15, 0.2) is 11.5 Å². The van der Waals surface area contributed by atoms with E-state index in [0.717, 1.165) is 0 Å². The minimum Gasteiger partial charge on any atom is -0.504 e. The van der Waals surface area contributed by atoms with Crippen molar-refractivity contribution in [2.24, 2.45) is 0 Å². The Bertz CT molecular complexity index is 434. The molecule has 0 saturated heterocycles. The normalized spacial score (nSPS) is 11.5. The summed E-state index contributed by atoms with van der Waals surface area (Å²) in [5, 5.41) is 21.2. The van der Waals surface area contributed by atoms with Gasteiger partial charge in [-0.1, -0.05) is 18.9 Å². The number of hydrogen-bond donors (Lipinski definition) is 3. The molecule has 0 aliphatic heterocycles. The largest absolute Gasteiger partial charge is 0.504 e. The van der Waals surface area contributed by atoms with Crippen LogP contribution in [0, 0.1) is 12.3 Å². The number of terminal acetylenes is 1. The lowest BCUT2D eigenvalue weighted by Gasteiger charge is -2.11. The number of phenolic OH excluding ortho intramolecular Hbond substituents is 2. The van der Waals surface area contributed by atoms with Gasteiger partial charge in [0.2, 0.25) is 0 Å². The van der Waals surface area contributed by atoms with Crippen LogP contribution in [0.1, 0.15) is 23.7 Å². The lowest BCUT2D eigenvalue weighted by atomic mass is 10.1. The summed E-state index contributed by atoms with van der Waals surface area (Å²) in [5.41, 5.74) is 0.00806. The first-order chi connectivity index (χ1) is 7.60. The van der Waals surface area contributed by atoms with Crippen LogP contribution in [-0.4, -0.2) is 22.2 Å². The first-order valence-corrected chi connectivity index (χ1v) is 4.88. The van der Waals surface area contributed by atoms with E-state index in [1.165, 1.54) is 18.2 Å². The zero-order chi connectivity index (χ0) is 12.1. The number of amides is 1. The standard InChI is InChI=1S/C12H13NO3/c1-3-8(4-2)13-12(16)9-6-5-7-10(14)11(9)15/h1,5-8,14-15H,4H2,2H3,(H,13,16). The second-order valence-corrected chi connectivity index (χ2v) is 3.27. The van der Waals surface area contributed by atoms with Gasteiger partial charge in [-0.3, -0.25) is 4.79 Å². The van der Waals surface area contributed by atoms with Crippen molar-refractivity contribution in [1.82, 2.24) is 5.32 Å². The molecular formula is C12H13NO3. The molecule has 0 saturated carbocycles. The fourth-order valence-corrected chi connectivity index (χ4v) is 1.21. The molecule has 1 atom stereocenters. The molecule has 4 nitrogen and oxygen atoms in total. The van der Waals surface area contributed by atoms with E-state index in [1.54, 1.807) is 0 Å². The van der Waals surface area contributed by atoms with Gasteiger partial charge in [-0.25, -0.2) is 0 Å². The number of phenols is 2. The molecule has 1 amide bonds. The van der Waals surface area contributed by atoms with Gasteiger partial charge in [0.1, 0.15) is 0 Å². The first kappa shape index (κ1) is 11.9. The van der Waals surface area contributed by atoms with Crippen molar-refractivity contribution in [2.75, 3.05) is 0 Å². The molecule has 1 aromatic rings. The van der Waals surface area contributed by atoms with Gasteiger partial charge in [0, 0.05) is 0 Å². The Morgan fingerprint density at radius 2 is 2.25 bits per heavy atom. The Labute approximate surface area is 93.9 Å². The van der Waals surface area contributed by atoms with Crippen LogP contribution in [0.5, 0.6) is 11.5 Å². The fourth-order valence-electron chi connectivity index (χ4n) is 1.21. The molecule has 0 aromatic heterocycles. The quantitative estimate of drug-likeness (QED) is 0.529. The van der Waals surface area contributed by atoms with Crippen LogP contribution >= 0.6 is 0 Å². The highest BCUT2D eigenvalue weighted by Gasteiger charge is 2.15. The van der Waals surface area contributed by atoms with Gasteiger partial charge < -0.3 is 15.5 Å². The SMILES string of the molecule is C#CC(CC)NC(=O)c1cccc(O)c1O. The van der Waals surface area contributed by atoms with Crippen molar-refractivity contribution in [2.45, 2.75) is 19.4 Å². The predicted octanol–water partition coefficient (Wildman–Crippen LogP) is 1.24. The second kappa shape index (κ2) is 5.08. The molecule has 0 heterocycles. The summed E-state index contributed by atoms with van der Waals surface area (Å²) in [5.74, 6) is 1.14. The molecule has 0 spiro atoms. The molecule has 0 aliphatic carbocycles. The predicted molar refractivity (Wildman–Crippen MR) is 60.1 cm³/mol. The van der Waals surface area contributed by atoms with E-state index in [0.29, 0.717) is 6.42 Å². The summed E-state index contributed by atoms with van der Waals surface area (Å²) in [4.78, 5) is 11.7. The molecular weight excluding hydrogens is 206 g/mol. The smallest absolute Gasteiger partial charge is 0.256 e. The zero-order valence-electron chi connectivity index (χ0n) is 8.90. The lowest BCUT2D eigenvalue weighted by Crippen LogP contribution is -2.33. The molecule has 3 N–H and O–H groups in total. The molecule has 0 radical (unpaired) electrons. The third kappa shape index (κ3) is 2.45. The van der Waals surface area contributed by atoms with Crippen LogP contribution in [0.15, 0.2) is 18.2 Å². The Balaban J connectivity index is 2.90. The topological polar surface area (TPSA) is 69.6 Å². The van der Waals surface area contributed by atoms with Gasteiger partial charge in [-0.05, 0) is 18.6 Å². The number of carbonyl (C=O) groups excluding carboxylic acids is 1. The summed E-state index contributed by atoms with van der Waals surface area (Å²) < 4.78 is 0. The van der Waals surface area contributed by atoms with Gasteiger partial charge in [0.25, 0.3) is 5.91 Å². The van der Waals surface area contributed by atoms with Crippen molar-refractivity contribution >= 4 is 5.91 Å². The van der Waals surface area contributed by atoms with Crippen LogP contribution in [0.25, 0.3) is 0 Å². The van der Waals surface area contributed by atoms with Crippen molar-refractivity contribution in [3.05, 3.63) is 23.8 Å². The van der Waals surface area contributed by atoms with Gasteiger partial charge >= 0.3 is 0 Å². The maximum atomic E-state index is 11.7. The average molecular weight is 219 g/mol. The summed E-state index contributed by atoms with van der Waals surface area (Å²) >= 11 is 0. The molecule has 4 heteroatoms. The second-order valence-electron chi connectivity index (χ2n) is 3.27. The summed E-state index contributed by atoms with van der Waals surface area (Å²) in [6.45, 7) is 1.84. The minimum absolute atomic E-state index is 0.00806. The highest BCUT2D eigenvalue weighted by atomic mass is 16.3. The number of aromatic hydroxyl groups is 2. The Hall–Kier alpha value is -2.15. The van der Waals surface area contributed by atoms with Crippen LogP contribution in [0.2, 0.25) is 0 Å². The highest BCUT2D eigenvalue weighted by Crippen LogP contribution is 2.27. The number of para-hydroxylation sites is 1. The number of hydrogen-bond acceptors (Lipinski definition) is 3. The zero-order valence-corrected chi connectivity index (χ0v) is 8.90. The van der Waals surface area contributed by atoms with Crippen LogP contribution in [0.3, 0.4) is 0 Å². The third-order valence-electron chi connectivity index (χ3n) is 2.17. The minimum atomic E-state index is -0.502. The highest BCUT2D eigenvalue weighted by molar-refractivity contribution is 5.97. The lowest BCUT2D eigenvalue weighted by molar-refractivity contribution is 0.0941. The van der Waals surface area contributed by atoms with Crippen molar-refractivity contribution < 1.29 is 15.0 Å². The molecule has 0 bridgehead atoms. The Morgan fingerprint density at radius 1 is 1.56 bits per heavy atom. The van der Waals surface area contributed by atoms with Crippen molar-refractivity contribution in [1.29, 1.82) is 0 Å². The van der Waals surface area contributed by atoms with Crippen LogP contribution in [0.4, 0.5) is 0 Å². The number of rotatable bonds is 3. The summed E-state index contributed by atoms with van der Waals surface area (Å²) in [6, 6.07) is 3.80. The molecule has 0 fully saturated rings. The molecule has 1 rings (SSSR count). The van der Waals surface area contributed by atoms with Gasteiger partial charge in [0.05, 0.1) is 11.6 Å². The molecule has 1 unspecified atom stereocenters. The number of nitrogens with one attached hydrogen (secondary N) is 1. The first-order valence-electron chi connectivity index (χ1n) is 4.88. The van der Waals surface area contributed by atoms with E-state index in [4.69, 9.17) is 6.42 Å². The van der Waals surface area contributed by atoms with Crippen LogP contribution in [-0.2, 0) is 0 Å². The van der Waals surface area contributed by atoms with Gasteiger partial charge in [-0.2, -0.15) is 0 Å². The maximum Gasteiger partial charge on any atom is 0.256 e. The molecule has 84 valence electrons. The number of carbonyl (C=O) groups is 1. The number of benzene rings is 1. The Morgan fingerprint density at radius 3 is 2.81 bits per heavy atom. The third-order valence-corrected chi connectivity index (χ3v) is 2.17. The van der Waals surface area contributed by atoms with Crippen molar-refractivity contribution in [3.63, 3.8) is 0 Å². The van der Waals surface area contributed by atoms with E-state index in [2.05, 4.69) is 11.2 Å². The Kier molecular flexibility index (Phi) is 3.78. The monoisotopic (exact) mass is 219 g/mol. The van der Waals surface area contributed by atoms with E-state index in [1.807, 2.05) is 6.92 Å².